The molecule has 0 aliphatic carbocycles. The average molecular weight is 339 g/mol. The fourth-order valence-electron chi connectivity index (χ4n) is 2.84. The second-order valence-corrected chi connectivity index (χ2v) is 6.03. The summed E-state index contributed by atoms with van der Waals surface area (Å²) in [5, 5.41) is 6.12. The first kappa shape index (κ1) is 16.9. The predicted octanol–water partition coefficient (Wildman–Crippen LogP) is 1.96. The molecule has 0 spiro atoms. The van der Waals surface area contributed by atoms with E-state index < -0.39 is 0 Å². The normalized spacial score (nSPS) is 14.8. The second-order valence-electron chi connectivity index (χ2n) is 6.03. The van der Waals surface area contributed by atoms with Gasteiger partial charge in [0.2, 0.25) is 11.9 Å². The van der Waals surface area contributed by atoms with Gasteiger partial charge >= 0.3 is 0 Å². The van der Waals surface area contributed by atoms with Crippen LogP contribution < -0.4 is 10.6 Å². The number of anilines is 2. The van der Waals surface area contributed by atoms with Crippen molar-refractivity contribution in [2.24, 2.45) is 0 Å². The summed E-state index contributed by atoms with van der Waals surface area (Å²) in [7, 11) is 0. The van der Waals surface area contributed by atoms with E-state index >= 15 is 0 Å². The average Bonchev–Trinajstić information content (AvgIpc) is 2.63. The highest BCUT2D eigenvalue weighted by molar-refractivity contribution is 5.95. The highest BCUT2D eigenvalue weighted by atomic mass is 16.2. The van der Waals surface area contributed by atoms with E-state index in [0.29, 0.717) is 24.6 Å². The number of nitrogens with one attached hydrogen (secondary N) is 2. The Kier molecular flexibility index (Phi) is 5.23. The van der Waals surface area contributed by atoms with Crippen LogP contribution in [0.4, 0.5) is 11.6 Å². The molecule has 2 amide bonds. The number of carbonyl (C=O) groups is 2. The maximum absolute atomic E-state index is 12.5. The van der Waals surface area contributed by atoms with Crippen LogP contribution in [0, 0.1) is 0 Å². The molecule has 1 fully saturated rings. The number of carbonyl (C=O) groups excluding carboxylic acids is 2. The molecule has 1 aromatic heterocycles. The third-order valence-electron chi connectivity index (χ3n) is 4.22. The fraction of sp³-hybridized carbons (Fsp3) is 0.333. The van der Waals surface area contributed by atoms with Crippen molar-refractivity contribution in [3.05, 3.63) is 48.3 Å². The van der Waals surface area contributed by atoms with Gasteiger partial charge < -0.3 is 15.5 Å². The quantitative estimate of drug-likeness (QED) is 0.889. The lowest BCUT2D eigenvalue weighted by molar-refractivity contribution is -0.129. The summed E-state index contributed by atoms with van der Waals surface area (Å²) in [5.74, 6) is 0.460. The zero-order valence-corrected chi connectivity index (χ0v) is 14.1. The van der Waals surface area contributed by atoms with Gasteiger partial charge in [-0.2, -0.15) is 0 Å². The summed E-state index contributed by atoms with van der Waals surface area (Å²) < 4.78 is 0. The molecule has 7 heteroatoms. The maximum Gasteiger partial charge on any atom is 0.251 e. The van der Waals surface area contributed by atoms with Gasteiger partial charge in [-0.1, -0.05) is 6.07 Å². The number of likely N-dealkylation sites (tertiary alicyclic amines) is 1. The Labute approximate surface area is 146 Å². The first-order valence-corrected chi connectivity index (χ1v) is 8.32. The standard InChI is InChI=1S/C18H21N5O2/c1-13(24)23-10-6-15(7-11-23)21-17(25)14-4-2-5-16(12-14)22-18-19-8-3-9-20-18/h2-5,8-9,12,15H,6-7,10-11H2,1H3,(H,21,25)(H,19,20,22). The Morgan fingerprint density at radius 1 is 1.12 bits per heavy atom. The molecule has 1 aromatic carbocycles. The number of amides is 2. The van der Waals surface area contributed by atoms with Crippen molar-refractivity contribution in [1.82, 2.24) is 20.2 Å². The molecule has 7 nitrogen and oxygen atoms in total. The lowest BCUT2D eigenvalue weighted by Crippen LogP contribution is -2.46. The first-order valence-electron chi connectivity index (χ1n) is 8.32. The van der Waals surface area contributed by atoms with Crippen molar-refractivity contribution in [2.45, 2.75) is 25.8 Å². The van der Waals surface area contributed by atoms with Crippen LogP contribution in [0.15, 0.2) is 42.7 Å². The van der Waals surface area contributed by atoms with Gasteiger partial charge in [0.05, 0.1) is 0 Å². The lowest BCUT2D eigenvalue weighted by Gasteiger charge is -2.31. The molecule has 0 unspecified atom stereocenters. The molecule has 0 radical (unpaired) electrons. The monoisotopic (exact) mass is 339 g/mol. The minimum atomic E-state index is -0.112. The molecule has 3 rings (SSSR count). The van der Waals surface area contributed by atoms with E-state index in [2.05, 4.69) is 20.6 Å². The van der Waals surface area contributed by atoms with Gasteiger partial charge in [-0.05, 0) is 37.1 Å². The SMILES string of the molecule is CC(=O)N1CCC(NC(=O)c2cccc(Nc3ncccn3)c2)CC1. The number of aromatic nitrogens is 2. The van der Waals surface area contributed by atoms with Crippen LogP contribution in [0.5, 0.6) is 0 Å². The molecule has 25 heavy (non-hydrogen) atoms. The van der Waals surface area contributed by atoms with Gasteiger partial charge in [-0.15, -0.1) is 0 Å². The van der Waals surface area contributed by atoms with Crippen molar-refractivity contribution < 1.29 is 9.59 Å². The summed E-state index contributed by atoms with van der Waals surface area (Å²) in [4.78, 5) is 33.9. The van der Waals surface area contributed by atoms with Crippen molar-refractivity contribution >= 4 is 23.5 Å². The van der Waals surface area contributed by atoms with Crippen LogP contribution in [0.3, 0.4) is 0 Å². The lowest BCUT2D eigenvalue weighted by atomic mass is 10.0. The number of nitrogens with zero attached hydrogens (tertiary/aromatic N) is 3. The molecular weight excluding hydrogens is 318 g/mol. The van der Waals surface area contributed by atoms with E-state index in [1.807, 2.05) is 17.0 Å². The Balaban J connectivity index is 1.59. The third-order valence-corrected chi connectivity index (χ3v) is 4.22. The van der Waals surface area contributed by atoms with Crippen LogP contribution in [0.1, 0.15) is 30.1 Å². The highest BCUT2D eigenvalue weighted by Gasteiger charge is 2.22. The van der Waals surface area contributed by atoms with Crippen LogP contribution >= 0.6 is 0 Å². The zero-order chi connectivity index (χ0) is 17.6. The number of benzene rings is 1. The number of rotatable bonds is 4. The molecule has 0 saturated carbocycles. The molecular formula is C18H21N5O2. The fourth-order valence-corrected chi connectivity index (χ4v) is 2.84. The summed E-state index contributed by atoms with van der Waals surface area (Å²) in [6.45, 7) is 2.95. The molecule has 1 aliphatic rings. The molecule has 0 atom stereocenters. The van der Waals surface area contributed by atoms with Crippen LogP contribution in [0.2, 0.25) is 0 Å². The minimum absolute atomic E-state index is 0.0895. The van der Waals surface area contributed by atoms with E-state index in [4.69, 9.17) is 0 Å². The predicted molar refractivity (Wildman–Crippen MR) is 94.5 cm³/mol. The number of hydrogen-bond donors (Lipinski definition) is 2. The van der Waals surface area contributed by atoms with Crippen LogP contribution in [0.25, 0.3) is 0 Å². The summed E-state index contributed by atoms with van der Waals surface area (Å²) >= 11 is 0. The Morgan fingerprint density at radius 3 is 2.52 bits per heavy atom. The summed E-state index contributed by atoms with van der Waals surface area (Å²) in [5.41, 5.74) is 1.33. The van der Waals surface area contributed by atoms with Gasteiger partial charge in [-0.25, -0.2) is 9.97 Å². The van der Waals surface area contributed by atoms with E-state index in [9.17, 15) is 9.59 Å². The summed E-state index contributed by atoms with van der Waals surface area (Å²) in [6.07, 6.45) is 4.86. The van der Waals surface area contributed by atoms with Gasteiger partial charge in [0.25, 0.3) is 5.91 Å². The smallest absolute Gasteiger partial charge is 0.251 e. The Bertz CT molecular complexity index is 742. The largest absolute Gasteiger partial charge is 0.349 e. The van der Waals surface area contributed by atoms with Crippen molar-refractivity contribution in [3.63, 3.8) is 0 Å². The topological polar surface area (TPSA) is 87.2 Å². The van der Waals surface area contributed by atoms with Crippen molar-refractivity contribution in [3.8, 4) is 0 Å². The zero-order valence-electron chi connectivity index (χ0n) is 14.1. The van der Waals surface area contributed by atoms with Crippen LogP contribution in [-0.4, -0.2) is 45.8 Å². The minimum Gasteiger partial charge on any atom is -0.349 e. The van der Waals surface area contributed by atoms with Gasteiger partial charge in [0.15, 0.2) is 0 Å². The molecule has 1 saturated heterocycles. The van der Waals surface area contributed by atoms with Gasteiger partial charge in [0.1, 0.15) is 0 Å². The van der Waals surface area contributed by atoms with Crippen molar-refractivity contribution in [2.75, 3.05) is 18.4 Å². The first-order chi connectivity index (χ1) is 12.1. The van der Waals surface area contributed by atoms with E-state index in [0.717, 1.165) is 18.5 Å². The van der Waals surface area contributed by atoms with Gasteiger partial charge in [0, 0.05) is 49.7 Å². The molecule has 2 heterocycles. The molecule has 130 valence electrons. The maximum atomic E-state index is 12.5. The highest BCUT2D eigenvalue weighted by Crippen LogP contribution is 2.16. The van der Waals surface area contributed by atoms with E-state index in [1.54, 1.807) is 37.5 Å². The van der Waals surface area contributed by atoms with Gasteiger partial charge in [-0.3, -0.25) is 9.59 Å². The number of hydrogen-bond acceptors (Lipinski definition) is 5. The molecule has 2 aromatic rings. The Morgan fingerprint density at radius 2 is 1.84 bits per heavy atom. The van der Waals surface area contributed by atoms with E-state index in [-0.39, 0.29) is 17.9 Å². The van der Waals surface area contributed by atoms with Crippen molar-refractivity contribution in [1.29, 1.82) is 0 Å². The molecule has 0 bridgehead atoms. The second kappa shape index (κ2) is 7.74. The van der Waals surface area contributed by atoms with E-state index in [1.165, 1.54) is 0 Å². The third kappa shape index (κ3) is 4.53. The molecule has 2 N–H and O–H groups in total. The molecule has 1 aliphatic heterocycles. The van der Waals surface area contributed by atoms with Crippen LogP contribution in [-0.2, 0) is 4.79 Å². The summed E-state index contributed by atoms with van der Waals surface area (Å²) in [6, 6.07) is 9.06. The Hall–Kier alpha value is -2.96. The number of piperidine rings is 1.